The molecule has 0 bridgehead atoms. The fourth-order valence-corrected chi connectivity index (χ4v) is 2.43. The van der Waals surface area contributed by atoms with Gasteiger partial charge in [0.15, 0.2) is 0 Å². The second-order valence-corrected chi connectivity index (χ2v) is 4.64. The van der Waals surface area contributed by atoms with E-state index in [1.807, 2.05) is 60.7 Å². The molecule has 1 fully saturated rings. The molecule has 3 heteroatoms. The van der Waals surface area contributed by atoms with E-state index < -0.39 is 6.10 Å². The summed E-state index contributed by atoms with van der Waals surface area (Å²) in [4.78, 5) is 13.7. The molecular weight excluding hydrogens is 250 g/mol. The van der Waals surface area contributed by atoms with E-state index in [0.29, 0.717) is 5.75 Å². The van der Waals surface area contributed by atoms with Gasteiger partial charge in [-0.25, -0.2) is 0 Å². The first-order valence-electron chi connectivity index (χ1n) is 6.52. The van der Waals surface area contributed by atoms with Crippen molar-refractivity contribution in [1.29, 1.82) is 0 Å². The number of likely N-dealkylation sites (tertiary alicyclic amines) is 1. The Morgan fingerprint density at radius 2 is 1.60 bits per heavy atom. The Labute approximate surface area is 118 Å². The van der Waals surface area contributed by atoms with Crippen molar-refractivity contribution in [3.63, 3.8) is 0 Å². The maximum atomic E-state index is 12.1. The molecule has 100 valence electrons. The molecule has 3 rings (SSSR count). The third-order valence-electron chi connectivity index (χ3n) is 3.43. The molecular formula is C17H15NO2. The van der Waals surface area contributed by atoms with Crippen molar-refractivity contribution in [2.75, 3.05) is 0 Å². The summed E-state index contributed by atoms with van der Waals surface area (Å²) in [7, 11) is 0. The molecule has 1 aliphatic rings. The largest absolute Gasteiger partial charge is 0.478 e. The van der Waals surface area contributed by atoms with Crippen LogP contribution in [0.25, 0.3) is 0 Å². The molecule has 1 aliphatic heterocycles. The Hall–Kier alpha value is -2.55. The number of rotatable bonds is 4. The quantitative estimate of drug-likeness (QED) is 0.795. The van der Waals surface area contributed by atoms with Crippen molar-refractivity contribution in [3.8, 4) is 5.75 Å². The van der Waals surface area contributed by atoms with Crippen molar-refractivity contribution in [2.24, 2.45) is 0 Å². The van der Waals surface area contributed by atoms with Gasteiger partial charge in [0.1, 0.15) is 11.8 Å². The van der Waals surface area contributed by atoms with Gasteiger partial charge < -0.3 is 9.64 Å². The second kappa shape index (κ2) is 5.21. The lowest BCUT2D eigenvalue weighted by Crippen LogP contribution is -2.58. The van der Waals surface area contributed by atoms with Crippen LogP contribution in [0.3, 0.4) is 0 Å². The zero-order valence-corrected chi connectivity index (χ0v) is 11.0. The Bertz CT molecular complexity index is 609. The smallest absolute Gasteiger partial charge is 0.270 e. The zero-order valence-electron chi connectivity index (χ0n) is 11.0. The van der Waals surface area contributed by atoms with Crippen LogP contribution in [0, 0.1) is 0 Å². The van der Waals surface area contributed by atoms with Crippen LogP contribution in [0.2, 0.25) is 0 Å². The third-order valence-corrected chi connectivity index (χ3v) is 3.43. The maximum absolute atomic E-state index is 12.1. The average Bonchev–Trinajstić information content (AvgIpc) is 2.51. The predicted octanol–water partition coefficient (Wildman–Crippen LogP) is 3.16. The molecule has 0 unspecified atom stereocenters. The van der Waals surface area contributed by atoms with Gasteiger partial charge >= 0.3 is 0 Å². The van der Waals surface area contributed by atoms with Crippen molar-refractivity contribution in [2.45, 2.75) is 12.1 Å². The first kappa shape index (κ1) is 12.5. The van der Waals surface area contributed by atoms with E-state index >= 15 is 0 Å². The zero-order chi connectivity index (χ0) is 13.9. The molecule has 0 spiro atoms. The van der Waals surface area contributed by atoms with Crippen LogP contribution in [0.1, 0.15) is 11.6 Å². The molecule has 1 heterocycles. The lowest BCUT2D eigenvalue weighted by atomic mass is 9.91. The minimum atomic E-state index is -0.488. The molecule has 0 aromatic heterocycles. The Balaban J connectivity index is 1.86. The molecule has 2 atom stereocenters. The molecule has 1 saturated heterocycles. The van der Waals surface area contributed by atoms with E-state index in [1.54, 1.807) is 11.1 Å². The summed E-state index contributed by atoms with van der Waals surface area (Å²) in [5, 5.41) is 0. The molecule has 0 radical (unpaired) electrons. The van der Waals surface area contributed by atoms with Crippen LogP contribution in [0.15, 0.2) is 73.4 Å². The van der Waals surface area contributed by atoms with Gasteiger partial charge in [0, 0.05) is 6.20 Å². The number of carbonyl (C=O) groups excluding carboxylic acids is 1. The van der Waals surface area contributed by atoms with E-state index in [1.165, 1.54) is 0 Å². The number of hydrogen-bond acceptors (Lipinski definition) is 2. The summed E-state index contributed by atoms with van der Waals surface area (Å²) in [6.07, 6.45) is 1.07. The van der Waals surface area contributed by atoms with Gasteiger partial charge in [0.05, 0.1) is 0 Å². The Kier molecular flexibility index (Phi) is 3.25. The highest BCUT2D eigenvalue weighted by Gasteiger charge is 2.48. The molecule has 0 aliphatic carbocycles. The lowest BCUT2D eigenvalue weighted by Gasteiger charge is -2.44. The van der Waals surface area contributed by atoms with Crippen LogP contribution in [-0.2, 0) is 4.79 Å². The van der Waals surface area contributed by atoms with Gasteiger partial charge in [-0.2, -0.15) is 0 Å². The topological polar surface area (TPSA) is 29.5 Å². The first-order chi connectivity index (χ1) is 9.81. The highest BCUT2D eigenvalue weighted by molar-refractivity contribution is 5.90. The molecule has 1 amide bonds. The highest BCUT2D eigenvalue weighted by Crippen LogP contribution is 2.37. The molecule has 20 heavy (non-hydrogen) atoms. The van der Waals surface area contributed by atoms with Gasteiger partial charge in [-0.3, -0.25) is 4.79 Å². The van der Waals surface area contributed by atoms with Crippen molar-refractivity contribution >= 4 is 5.91 Å². The third kappa shape index (κ3) is 2.07. The maximum Gasteiger partial charge on any atom is 0.270 e. The first-order valence-corrected chi connectivity index (χ1v) is 6.52. The number of ether oxygens (including phenoxy) is 1. The van der Waals surface area contributed by atoms with E-state index in [9.17, 15) is 4.79 Å². The monoisotopic (exact) mass is 265 g/mol. The fourth-order valence-electron chi connectivity index (χ4n) is 2.43. The van der Waals surface area contributed by atoms with Gasteiger partial charge in [0.25, 0.3) is 5.91 Å². The number of para-hydroxylation sites is 1. The Morgan fingerprint density at radius 3 is 2.20 bits per heavy atom. The number of hydrogen-bond donors (Lipinski definition) is 0. The molecule has 0 N–H and O–H groups in total. The summed E-state index contributed by atoms with van der Waals surface area (Å²) in [5.74, 6) is 0.646. The van der Waals surface area contributed by atoms with Crippen molar-refractivity contribution in [3.05, 3.63) is 79.0 Å². The predicted molar refractivity (Wildman–Crippen MR) is 77.1 cm³/mol. The number of amides is 1. The van der Waals surface area contributed by atoms with Gasteiger partial charge in [-0.05, 0) is 17.7 Å². The minimum absolute atomic E-state index is 0.0577. The minimum Gasteiger partial charge on any atom is -0.478 e. The normalized spacial score (nSPS) is 21.2. The average molecular weight is 265 g/mol. The molecule has 2 aromatic rings. The standard InChI is InChI=1S/C17H15NO2/c1-2-18-15(13-9-5-3-6-10-13)16(17(18)19)20-14-11-7-4-8-12-14/h2-12,15-16H,1H2/t15-,16-/m0/s1. The summed E-state index contributed by atoms with van der Waals surface area (Å²) in [5.41, 5.74) is 1.05. The van der Waals surface area contributed by atoms with E-state index in [-0.39, 0.29) is 11.9 Å². The number of nitrogens with zero attached hydrogens (tertiary/aromatic N) is 1. The number of β-lactam (4-membered cyclic amide) rings is 1. The summed E-state index contributed by atoms with van der Waals surface area (Å²) >= 11 is 0. The Morgan fingerprint density at radius 1 is 1.00 bits per heavy atom. The molecule has 0 saturated carbocycles. The summed E-state index contributed by atoms with van der Waals surface area (Å²) in [6, 6.07) is 19.2. The number of carbonyl (C=O) groups is 1. The van der Waals surface area contributed by atoms with Gasteiger partial charge in [0.2, 0.25) is 6.10 Å². The van der Waals surface area contributed by atoms with Gasteiger partial charge in [-0.1, -0.05) is 55.1 Å². The fraction of sp³-hybridized carbons (Fsp3) is 0.118. The van der Waals surface area contributed by atoms with Crippen LogP contribution >= 0.6 is 0 Å². The van der Waals surface area contributed by atoms with Crippen LogP contribution < -0.4 is 4.74 Å². The van der Waals surface area contributed by atoms with E-state index in [4.69, 9.17) is 4.74 Å². The second-order valence-electron chi connectivity index (χ2n) is 4.64. The van der Waals surface area contributed by atoms with Crippen LogP contribution in [-0.4, -0.2) is 16.9 Å². The van der Waals surface area contributed by atoms with Gasteiger partial charge in [-0.15, -0.1) is 0 Å². The number of benzene rings is 2. The molecule has 3 nitrogen and oxygen atoms in total. The van der Waals surface area contributed by atoms with Crippen molar-refractivity contribution < 1.29 is 9.53 Å². The SMILES string of the molecule is C=CN1C(=O)[C@@H](Oc2ccccc2)[C@@H]1c1ccccc1. The van der Waals surface area contributed by atoms with Crippen LogP contribution in [0.5, 0.6) is 5.75 Å². The summed E-state index contributed by atoms with van der Waals surface area (Å²) in [6.45, 7) is 3.70. The molecule has 2 aromatic carbocycles. The van der Waals surface area contributed by atoms with Crippen LogP contribution in [0.4, 0.5) is 0 Å². The lowest BCUT2D eigenvalue weighted by molar-refractivity contribution is -0.157. The van der Waals surface area contributed by atoms with Crippen molar-refractivity contribution in [1.82, 2.24) is 4.90 Å². The van der Waals surface area contributed by atoms with E-state index in [0.717, 1.165) is 5.56 Å². The summed E-state index contributed by atoms with van der Waals surface area (Å²) < 4.78 is 5.82. The highest BCUT2D eigenvalue weighted by atomic mass is 16.5. The van der Waals surface area contributed by atoms with E-state index in [2.05, 4.69) is 6.58 Å².